The maximum atomic E-state index is 11.9. The van der Waals surface area contributed by atoms with Gasteiger partial charge in [0, 0.05) is 17.6 Å². The number of aryl methyl sites for hydroxylation is 1. The molecule has 0 unspecified atom stereocenters. The van der Waals surface area contributed by atoms with Gasteiger partial charge in [-0.3, -0.25) is 4.79 Å². The largest absolute Gasteiger partial charge is 0.381 e. The van der Waals surface area contributed by atoms with Crippen LogP contribution in [0.3, 0.4) is 0 Å². The van der Waals surface area contributed by atoms with Crippen molar-refractivity contribution < 1.29 is 9.72 Å². The van der Waals surface area contributed by atoms with Gasteiger partial charge in [0.05, 0.1) is 13.1 Å². The Balaban J connectivity index is 1.94. The zero-order valence-corrected chi connectivity index (χ0v) is 12.0. The van der Waals surface area contributed by atoms with E-state index < -0.39 is 4.92 Å². The molecule has 1 aromatic heterocycles. The Bertz CT molecular complexity index is 684. The molecule has 7 nitrogen and oxygen atoms in total. The molecule has 1 N–H and O–H groups in total. The molecule has 0 saturated heterocycles. The van der Waals surface area contributed by atoms with Crippen LogP contribution in [-0.2, 0) is 11.3 Å². The summed E-state index contributed by atoms with van der Waals surface area (Å²) in [5, 5.41) is 14.1. The molecule has 0 aliphatic rings. The number of nitro groups is 1. The number of carbonyl (C=O) groups is 1. The van der Waals surface area contributed by atoms with Crippen LogP contribution in [0.2, 0.25) is 5.02 Å². The van der Waals surface area contributed by atoms with Crippen LogP contribution in [0.15, 0.2) is 30.5 Å². The summed E-state index contributed by atoms with van der Waals surface area (Å²) in [4.78, 5) is 25.7. The summed E-state index contributed by atoms with van der Waals surface area (Å²) in [6.07, 6.45) is 1.26. The Morgan fingerprint density at radius 2 is 2.29 bits per heavy atom. The van der Waals surface area contributed by atoms with Gasteiger partial charge >= 0.3 is 5.82 Å². The first kappa shape index (κ1) is 15.0. The second-order valence-corrected chi connectivity index (χ2v) is 4.87. The smallest absolute Gasteiger partial charge is 0.378 e. The topological polar surface area (TPSA) is 90.1 Å². The number of nitrogens with one attached hydrogen (secondary N) is 1. The van der Waals surface area contributed by atoms with E-state index in [4.69, 9.17) is 11.6 Å². The molecule has 8 heteroatoms. The van der Waals surface area contributed by atoms with Crippen LogP contribution in [0.1, 0.15) is 5.82 Å². The number of hydrogen-bond acceptors (Lipinski definition) is 5. The predicted molar refractivity (Wildman–Crippen MR) is 78.6 cm³/mol. The highest BCUT2D eigenvalue weighted by Crippen LogP contribution is 2.14. The fraction of sp³-hybridized carbons (Fsp3) is 0.231. The molecule has 1 aromatic carbocycles. The lowest BCUT2D eigenvalue weighted by molar-refractivity contribution is -0.389. The lowest BCUT2D eigenvalue weighted by Gasteiger charge is -2.06. The quantitative estimate of drug-likeness (QED) is 0.654. The van der Waals surface area contributed by atoms with E-state index in [1.807, 2.05) is 0 Å². The first-order chi connectivity index (χ1) is 9.95. The molecule has 0 aliphatic heterocycles. The van der Waals surface area contributed by atoms with E-state index in [-0.39, 0.29) is 24.7 Å². The monoisotopic (exact) mass is 308 g/mol. The van der Waals surface area contributed by atoms with E-state index in [0.717, 1.165) is 5.69 Å². The maximum absolute atomic E-state index is 11.9. The molecule has 2 aromatic rings. The lowest BCUT2D eigenvalue weighted by Crippen LogP contribution is -2.19. The summed E-state index contributed by atoms with van der Waals surface area (Å²) >= 11 is 5.84. The van der Waals surface area contributed by atoms with Crippen molar-refractivity contribution in [2.75, 3.05) is 11.9 Å². The molecular weight excluding hydrogens is 296 g/mol. The molecule has 21 heavy (non-hydrogen) atoms. The van der Waals surface area contributed by atoms with Gasteiger partial charge in [-0.2, -0.15) is 0 Å². The summed E-state index contributed by atoms with van der Waals surface area (Å²) in [7, 11) is 0. The van der Waals surface area contributed by atoms with Crippen molar-refractivity contribution in [3.8, 4) is 0 Å². The third-order valence-electron chi connectivity index (χ3n) is 2.81. The van der Waals surface area contributed by atoms with Gasteiger partial charge in [-0.1, -0.05) is 17.7 Å². The van der Waals surface area contributed by atoms with Crippen molar-refractivity contribution in [1.29, 1.82) is 0 Å². The molecule has 0 saturated carbocycles. The van der Waals surface area contributed by atoms with E-state index in [2.05, 4.69) is 10.3 Å². The van der Waals surface area contributed by atoms with Crippen molar-refractivity contribution in [2.24, 2.45) is 0 Å². The summed E-state index contributed by atoms with van der Waals surface area (Å²) in [5.74, 6) is 0.0475. The summed E-state index contributed by atoms with van der Waals surface area (Å²) in [6, 6.07) is 7.02. The van der Waals surface area contributed by atoms with Crippen LogP contribution in [0.4, 0.5) is 11.5 Å². The summed E-state index contributed by atoms with van der Waals surface area (Å²) < 4.78 is 1.46. The second-order valence-electron chi connectivity index (χ2n) is 4.43. The molecule has 110 valence electrons. The van der Waals surface area contributed by atoms with E-state index in [9.17, 15) is 14.9 Å². The molecule has 0 aliphatic carbocycles. The van der Waals surface area contributed by atoms with Crippen LogP contribution in [-0.4, -0.2) is 26.8 Å². The minimum absolute atomic E-state index is 0.0280. The van der Waals surface area contributed by atoms with Crippen LogP contribution in [0.25, 0.3) is 0 Å². The van der Waals surface area contributed by atoms with Gasteiger partial charge in [-0.25, -0.2) is 0 Å². The Labute approximate surface area is 125 Å². The Morgan fingerprint density at radius 1 is 1.52 bits per heavy atom. The first-order valence-electron chi connectivity index (χ1n) is 6.15. The molecule has 0 spiro atoms. The van der Waals surface area contributed by atoms with Gasteiger partial charge in [0.2, 0.25) is 5.82 Å². The van der Waals surface area contributed by atoms with E-state index in [0.29, 0.717) is 10.8 Å². The minimum Gasteiger partial charge on any atom is -0.378 e. The molecule has 0 bridgehead atoms. The third-order valence-corrected chi connectivity index (χ3v) is 3.05. The number of anilines is 1. The number of carbonyl (C=O) groups excluding carboxylic acids is 1. The minimum atomic E-state index is -0.585. The van der Waals surface area contributed by atoms with Crippen LogP contribution < -0.4 is 5.32 Å². The van der Waals surface area contributed by atoms with Crippen molar-refractivity contribution in [3.63, 3.8) is 0 Å². The number of Topliss-reactive ketones (excluding diaryl/α,β-unsaturated/α-hetero) is 1. The normalized spacial score (nSPS) is 10.4. The van der Waals surface area contributed by atoms with Gasteiger partial charge < -0.3 is 20.0 Å². The van der Waals surface area contributed by atoms with Crippen LogP contribution in [0.5, 0.6) is 0 Å². The van der Waals surface area contributed by atoms with Crippen molar-refractivity contribution in [3.05, 3.63) is 51.4 Å². The van der Waals surface area contributed by atoms with Crippen molar-refractivity contribution >= 4 is 28.9 Å². The number of ketones is 1. The van der Waals surface area contributed by atoms with Gasteiger partial charge in [0.1, 0.15) is 6.20 Å². The van der Waals surface area contributed by atoms with Crippen LogP contribution >= 0.6 is 11.6 Å². The van der Waals surface area contributed by atoms with Gasteiger partial charge in [0.25, 0.3) is 0 Å². The van der Waals surface area contributed by atoms with Gasteiger partial charge in [-0.15, -0.1) is 0 Å². The summed E-state index contributed by atoms with van der Waals surface area (Å²) in [5.41, 5.74) is 0.740. The molecule has 0 atom stereocenters. The highest BCUT2D eigenvalue weighted by atomic mass is 35.5. The number of imidazole rings is 1. The Hall–Kier alpha value is -2.41. The Kier molecular flexibility index (Phi) is 4.54. The number of nitrogens with zero attached hydrogens (tertiary/aromatic N) is 3. The molecule has 2 rings (SSSR count). The number of rotatable bonds is 6. The highest BCUT2D eigenvalue weighted by Gasteiger charge is 2.16. The molecule has 0 radical (unpaired) electrons. The second kappa shape index (κ2) is 6.36. The zero-order chi connectivity index (χ0) is 15.4. The molecule has 0 fully saturated rings. The lowest BCUT2D eigenvalue weighted by atomic mass is 10.3. The summed E-state index contributed by atoms with van der Waals surface area (Å²) in [6.45, 7) is 1.75. The number of halogens is 1. The van der Waals surface area contributed by atoms with E-state index in [1.54, 1.807) is 31.2 Å². The average molecular weight is 309 g/mol. The fourth-order valence-electron chi connectivity index (χ4n) is 1.78. The molecule has 1 heterocycles. The van der Waals surface area contributed by atoms with E-state index >= 15 is 0 Å². The number of hydrogen-bond donors (Lipinski definition) is 1. The van der Waals surface area contributed by atoms with Gasteiger partial charge in [0.15, 0.2) is 5.78 Å². The first-order valence-corrected chi connectivity index (χ1v) is 6.53. The fourth-order valence-corrected chi connectivity index (χ4v) is 1.97. The number of aromatic nitrogens is 2. The SMILES string of the molecule is Cc1nc([N+](=O)[O-])cn1CC(=O)CNc1cccc(Cl)c1. The van der Waals surface area contributed by atoms with Crippen LogP contribution in [0, 0.1) is 17.0 Å². The van der Waals surface area contributed by atoms with Gasteiger partial charge in [-0.05, 0) is 28.1 Å². The van der Waals surface area contributed by atoms with E-state index in [1.165, 1.54) is 10.8 Å². The maximum Gasteiger partial charge on any atom is 0.381 e. The Morgan fingerprint density at radius 3 is 2.90 bits per heavy atom. The highest BCUT2D eigenvalue weighted by molar-refractivity contribution is 6.30. The zero-order valence-electron chi connectivity index (χ0n) is 11.2. The molecule has 0 amide bonds. The molecular formula is C13H13ClN4O3. The van der Waals surface area contributed by atoms with Crippen molar-refractivity contribution in [2.45, 2.75) is 13.5 Å². The van der Waals surface area contributed by atoms with Crippen molar-refractivity contribution in [1.82, 2.24) is 9.55 Å². The average Bonchev–Trinajstić information content (AvgIpc) is 2.78. The third kappa shape index (κ3) is 4.03. The predicted octanol–water partition coefficient (Wildman–Crippen LogP) is 2.43. The standard InChI is InChI=1S/C13H13ClN4O3/c1-9-16-13(18(20)21)8-17(9)7-12(19)6-15-11-4-2-3-10(14)5-11/h2-5,8,15H,6-7H2,1H3. The number of benzene rings is 1.